The van der Waals surface area contributed by atoms with Crippen LogP contribution in [0.2, 0.25) is 0 Å². The summed E-state index contributed by atoms with van der Waals surface area (Å²) in [6, 6.07) is 9.75. The van der Waals surface area contributed by atoms with Gasteiger partial charge in [-0.05, 0) is 67.6 Å². The highest BCUT2D eigenvalue weighted by Gasteiger charge is 1.93. The molecule has 0 unspecified atom stereocenters. The molecule has 3 aromatic rings. The average Bonchev–Trinajstić information content (AvgIpc) is 3.89. The van der Waals surface area contributed by atoms with E-state index in [0.29, 0.717) is 0 Å². The number of aromatic nitrogens is 3. The van der Waals surface area contributed by atoms with E-state index in [-0.39, 0.29) is 0 Å². The summed E-state index contributed by atoms with van der Waals surface area (Å²) in [6.45, 7) is 42.5. The Labute approximate surface area is 316 Å². The summed E-state index contributed by atoms with van der Waals surface area (Å²) < 4.78 is 0. The van der Waals surface area contributed by atoms with Gasteiger partial charge in [0.15, 0.2) is 0 Å². The number of dihydropyridines is 1. The molecule has 294 valence electrons. The number of piperidine rings is 1. The first-order valence-electron chi connectivity index (χ1n) is 19.8. The molecule has 5 heterocycles. The molecule has 1 fully saturated rings. The minimum atomic E-state index is 1.08. The lowest BCUT2D eigenvalue weighted by atomic mass is 10.2. The van der Waals surface area contributed by atoms with Gasteiger partial charge in [0.25, 0.3) is 0 Å². The monoisotopic (exact) mass is 710 g/mol. The SMILES string of the molecule is C1=CNC=CC1.C1CCNCC1.CC.CC.CC.CC.CC.CC.CC.CC.CC.CC.c1ccncc1.c1ccsc1.c1cnccn1. The van der Waals surface area contributed by atoms with E-state index in [4.69, 9.17) is 0 Å². The van der Waals surface area contributed by atoms with E-state index in [1.165, 1.54) is 32.4 Å². The molecule has 5 nitrogen and oxygen atoms in total. The van der Waals surface area contributed by atoms with Gasteiger partial charge >= 0.3 is 0 Å². The molecule has 0 spiro atoms. The van der Waals surface area contributed by atoms with Crippen molar-refractivity contribution < 1.29 is 0 Å². The molecule has 0 aromatic carbocycles. The Kier molecular flexibility index (Phi) is 189. The number of hydrogen-bond donors (Lipinski definition) is 2. The van der Waals surface area contributed by atoms with Crippen LogP contribution in [-0.4, -0.2) is 28.0 Å². The molecule has 5 rings (SSSR count). The third kappa shape index (κ3) is 123. The molecule has 0 saturated carbocycles. The second-order valence-electron chi connectivity index (χ2n) is 5.73. The second kappa shape index (κ2) is 129. The van der Waals surface area contributed by atoms with Crippen LogP contribution >= 0.6 is 11.3 Å². The fourth-order valence-electron chi connectivity index (χ4n) is 2.00. The van der Waals surface area contributed by atoms with Crippen molar-refractivity contribution in [1.82, 2.24) is 25.6 Å². The zero-order valence-corrected chi connectivity index (χ0v) is 37.6. The number of nitrogens with zero attached hydrogens (tertiary/aromatic N) is 3. The van der Waals surface area contributed by atoms with Crippen molar-refractivity contribution in [2.45, 2.75) is 164 Å². The molecular weight excluding hydrogens is 619 g/mol. The molecule has 0 atom stereocenters. The maximum atomic E-state index is 3.78. The van der Waals surface area contributed by atoms with Gasteiger partial charge in [0.05, 0.1) is 0 Å². The van der Waals surface area contributed by atoms with Crippen molar-refractivity contribution in [3.05, 3.63) is 103 Å². The first-order valence-corrected chi connectivity index (χ1v) is 20.7. The van der Waals surface area contributed by atoms with Gasteiger partial charge < -0.3 is 10.6 Å². The predicted molar refractivity (Wildman–Crippen MR) is 237 cm³/mol. The molecule has 2 aliphatic rings. The normalized spacial score (nSPS) is 9.06. The predicted octanol–water partition coefficient (Wildman–Crippen LogP) is 15.3. The maximum absolute atomic E-state index is 3.78. The third-order valence-electron chi connectivity index (χ3n) is 3.38. The summed E-state index contributed by atoms with van der Waals surface area (Å²) >= 11 is 1.71. The second-order valence-corrected chi connectivity index (χ2v) is 6.55. The fourth-order valence-corrected chi connectivity index (χ4v) is 2.45. The minimum absolute atomic E-state index is 1.08. The van der Waals surface area contributed by atoms with Crippen LogP contribution < -0.4 is 10.6 Å². The summed E-state index contributed by atoms with van der Waals surface area (Å²) in [6.07, 6.45) is 23.3. The first-order chi connectivity index (χ1) is 24.5. The Bertz CT molecular complexity index is 555. The average molecular weight is 710 g/mol. The van der Waals surface area contributed by atoms with E-state index in [0.717, 1.165) is 6.42 Å². The molecule has 2 N–H and O–H groups in total. The van der Waals surface area contributed by atoms with E-state index in [1.54, 1.807) is 48.5 Å². The van der Waals surface area contributed by atoms with Crippen molar-refractivity contribution in [3.8, 4) is 0 Å². The van der Waals surface area contributed by atoms with Crippen LogP contribution in [0.25, 0.3) is 0 Å². The van der Waals surface area contributed by atoms with Crippen LogP contribution in [0.4, 0.5) is 0 Å². The molecule has 0 aliphatic carbocycles. The van der Waals surface area contributed by atoms with Crippen LogP contribution in [0.15, 0.2) is 103 Å². The van der Waals surface area contributed by atoms with Gasteiger partial charge in [-0.25, -0.2) is 0 Å². The molecule has 0 amide bonds. The Morgan fingerprint density at radius 1 is 0.388 bits per heavy atom. The number of thiophene rings is 1. The summed E-state index contributed by atoms with van der Waals surface area (Å²) in [7, 11) is 0. The van der Waals surface area contributed by atoms with Gasteiger partial charge in [0.1, 0.15) is 0 Å². The van der Waals surface area contributed by atoms with Gasteiger partial charge in [-0.1, -0.05) is 175 Å². The molecule has 49 heavy (non-hydrogen) atoms. The van der Waals surface area contributed by atoms with E-state index in [2.05, 4.69) is 37.7 Å². The highest BCUT2D eigenvalue weighted by atomic mass is 32.1. The smallest absolute Gasteiger partial charge is 0.0451 e. The zero-order valence-electron chi connectivity index (χ0n) is 36.8. The summed E-state index contributed by atoms with van der Waals surface area (Å²) in [5.41, 5.74) is 0. The lowest BCUT2D eigenvalue weighted by Gasteiger charge is -2.08. The first kappa shape index (κ1) is 72.0. The van der Waals surface area contributed by atoms with Crippen LogP contribution in [0.5, 0.6) is 0 Å². The summed E-state index contributed by atoms with van der Waals surface area (Å²) in [5, 5.41) is 10.3. The van der Waals surface area contributed by atoms with Crippen molar-refractivity contribution in [2.75, 3.05) is 13.1 Å². The van der Waals surface area contributed by atoms with Crippen molar-refractivity contribution in [2.24, 2.45) is 0 Å². The quantitative estimate of drug-likeness (QED) is 0.243. The highest BCUT2D eigenvalue weighted by Crippen LogP contribution is 1.96. The van der Waals surface area contributed by atoms with Crippen LogP contribution in [-0.2, 0) is 0 Å². The van der Waals surface area contributed by atoms with Gasteiger partial charge in [-0.3, -0.25) is 15.0 Å². The Morgan fingerprint density at radius 3 is 0.816 bits per heavy atom. The van der Waals surface area contributed by atoms with Gasteiger partial charge in [0.2, 0.25) is 0 Å². The van der Waals surface area contributed by atoms with Crippen LogP contribution in [0.1, 0.15) is 164 Å². The van der Waals surface area contributed by atoms with Crippen molar-refractivity contribution in [3.63, 3.8) is 0 Å². The number of allylic oxidation sites excluding steroid dienone is 2. The standard InChI is InChI=1S/C5H11N.C5H7N.C5H5N.C4H4N2.C4H4S.10C2H6/c3*1-2-4-6-5-3-1;1-2-6-4-3-5-1;1-2-4-5-3-1;10*1-2/h6H,1-5H2;2-6H,1H2;1-5H;1-4H;1-4H;10*1-2H3. The lowest BCUT2D eigenvalue weighted by molar-refractivity contribution is 0.520. The topological polar surface area (TPSA) is 62.7 Å². The zero-order chi connectivity index (χ0) is 40.5. The summed E-state index contributed by atoms with van der Waals surface area (Å²) in [5.74, 6) is 0. The van der Waals surface area contributed by atoms with Crippen LogP contribution in [0, 0.1) is 0 Å². The number of nitrogens with one attached hydrogen (secondary N) is 2. The molecule has 3 aromatic heterocycles. The van der Waals surface area contributed by atoms with Gasteiger partial charge in [-0.2, -0.15) is 11.3 Å². The van der Waals surface area contributed by atoms with Crippen molar-refractivity contribution >= 4 is 11.3 Å². The van der Waals surface area contributed by atoms with Crippen molar-refractivity contribution in [1.29, 1.82) is 0 Å². The Morgan fingerprint density at radius 2 is 0.714 bits per heavy atom. The molecular formula is C43H91N5S. The van der Waals surface area contributed by atoms with Gasteiger partial charge in [0, 0.05) is 37.2 Å². The van der Waals surface area contributed by atoms with E-state index >= 15 is 0 Å². The Hall–Kier alpha value is -2.83. The maximum Gasteiger partial charge on any atom is 0.0451 e. The molecule has 2 aliphatic heterocycles. The van der Waals surface area contributed by atoms with Gasteiger partial charge in [-0.15, -0.1) is 0 Å². The Balaban J connectivity index is -0.0000000431. The minimum Gasteiger partial charge on any atom is -0.368 e. The number of hydrogen-bond acceptors (Lipinski definition) is 6. The van der Waals surface area contributed by atoms with Crippen LogP contribution in [0.3, 0.4) is 0 Å². The molecule has 0 radical (unpaired) electrons. The third-order valence-corrected chi connectivity index (χ3v) is 4.01. The van der Waals surface area contributed by atoms with E-state index in [1.807, 2.05) is 192 Å². The fraction of sp³-hybridized carbons (Fsp3) is 0.605. The number of rotatable bonds is 0. The molecule has 0 bridgehead atoms. The summed E-state index contributed by atoms with van der Waals surface area (Å²) in [4.78, 5) is 11.2. The number of pyridine rings is 1. The molecule has 1 saturated heterocycles. The van der Waals surface area contributed by atoms with E-state index < -0.39 is 0 Å². The van der Waals surface area contributed by atoms with E-state index in [9.17, 15) is 0 Å². The highest BCUT2D eigenvalue weighted by molar-refractivity contribution is 7.07. The largest absolute Gasteiger partial charge is 0.368 e. The lowest BCUT2D eigenvalue weighted by Crippen LogP contribution is -2.21. The molecule has 6 heteroatoms.